The predicted octanol–water partition coefficient (Wildman–Crippen LogP) is 4.44. The van der Waals surface area contributed by atoms with E-state index in [0.29, 0.717) is 5.69 Å². The Morgan fingerprint density at radius 2 is 1.70 bits per heavy atom. The van der Waals surface area contributed by atoms with Crippen LogP contribution >= 0.6 is 11.6 Å². The fraction of sp³-hybridized carbons (Fsp3) is 0.150. The van der Waals surface area contributed by atoms with Gasteiger partial charge in [0, 0.05) is 0 Å². The molecular formula is C20H15ClF3N3O3. The summed E-state index contributed by atoms with van der Waals surface area (Å²) < 4.78 is 46.8. The Labute approximate surface area is 174 Å². The molecule has 1 N–H and O–H groups in total. The molecule has 3 aromatic rings. The highest BCUT2D eigenvalue weighted by molar-refractivity contribution is 6.33. The molecule has 0 saturated heterocycles. The number of carbonyl (C=O) groups excluding carboxylic acids is 2. The second-order valence-corrected chi connectivity index (χ2v) is 6.63. The van der Waals surface area contributed by atoms with Gasteiger partial charge in [-0.15, -0.1) is 0 Å². The number of hydrogen-bond donors (Lipinski definition) is 1. The number of rotatable bonds is 5. The Kier molecular flexibility index (Phi) is 6.12. The van der Waals surface area contributed by atoms with Crippen molar-refractivity contribution in [3.8, 4) is 5.69 Å². The lowest BCUT2D eigenvalue weighted by molar-refractivity contribution is -0.123. The molecule has 3 rings (SSSR count). The van der Waals surface area contributed by atoms with E-state index in [1.807, 2.05) is 5.32 Å². The number of ether oxygens (including phenoxy) is 1. The summed E-state index contributed by atoms with van der Waals surface area (Å²) in [6, 6.07) is 8.34. The molecule has 0 spiro atoms. The van der Waals surface area contributed by atoms with Crippen molar-refractivity contribution in [2.75, 3.05) is 5.32 Å². The number of amides is 1. The quantitative estimate of drug-likeness (QED) is 0.599. The average molecular weight is 438 g/mol. The molecule has 0 saturated carbocycles. The third kappa shape index (κ3) is 4.30. The Balaban J connectivity index is 1.77. The topological polar surface area (TPSA) is 73.2 Å². The predicted molar refractivity (Wildman–Crippen MR) is 103 cm³/mol. The van der Waals surface area contributed by atoms with Crippen molar-refractivity contribution < 1.29 is 27.5 Å². The Bertz CT molecular complexity index is 1100. The van der Waals surface area contributed by atoms with Crippen LogP contribution in [0.5, 0.6) is 0 Å². The van der Waals surface area contributed by atoms with Crippen LogP contribution in [-0.4, -0.2) is 27.8 Å². The molecule has 0 aliphatic rings. The van der Waals surface area contributed by atoms with Gasteiger partial charge in [-0.05, 0) is 50.2 Å². The van der Waals surface area contributed by atoms with Crippen LogP contribution in [-0.2, 0) is 9.53 Å². The molecule has 0 aliphatic carbocycles. The molecule has 1 aromatic heterocycles. The van der Waals surface area contributed by atoms with E-state index in [1.54, 1.807) is 0 Å². The van der Waals surface area contributed by atoms with Gasteiger partial charge in [-0.2, -0.15) is 5.10 Å². The third-order valence-corrected chi connectivity index (χ3v) is 4.49. The van der Waals surface area contributed by atoms with Crippen LogP contribution in [0.3, 0.4) is 0 Å². The third-order valence-electron chi connectivity index (χ3n) is 4.14. The van der Waals surface area contributed by atoms with Gasteiger partial charge in [0.1, 0.15) is 33.9 Å². The Morgan fingerprint density at radius 1 is 1.10 bits per heavy atom. The van der Waals surface area contributed by atoms with E-state index in [4.69, 9.17) is 16.3 Å². The summed E-state index contributed by atoms with van der Waals surface area (Å²) in [7, 11) is 0. The van der Waals surface area contributed by atoms with Crippen molar-refractivity contribution >= 4 is 29.2 Å². The molecule has 1 unspecified atom stereocenters. The van der Waals surface area contributed by atoms with E-state index in [-0.39, 0.29) is 16.4 Å². The fourth-order valence-corrected chi connectivity index (χ4v) is 2.95. The number of nitrogens with zero attached hydrogens (tertiary/aromatic N) is 2. The first kappa shape index (κ1) is 21.4. The van der Waals surface area contributed by atoms with Crippen molar-refractivity contribution in [3.63, 3.8) is 0 Å². The van der Waals surface area contributed by atoms with Gasteiger partial charge in [0.15, 0.2) is 6.10 Å². The number of hydrogen-bond acceptors (Lipinski definition) is 4. The van der Waals surface area contributed by atoms with Crippen LogP contribution in [0.1, 0.15) is 23.0 Å². The monoisotopic (exact) mass is 437 g/mol. The SMILES string of the molecule is Cc1nn(-c2ccc(F)cc2)c(Cl)c1C(=O)OC(C)C(=O)Nc1c(F)cccc1F. The minimum Gasteiger partial charge on any atom is -0.449 e. The summed E-state index contributed by atoms with van der Waals surface area (Å²) >= 11 is 6.24. The number of carbonyl (C=O) groups is 2. The molecule has 6 nitrogen and oxygen atoms in total. The second kappa shape index (κ2) is 8.58. The van der Waals surface area contributed by atoms with E-state index >= 15 is 0 Å². The summed E-state index contributed by atoms with van der Waals surface area (Å²) in [5.41, 5.74) is -0.132. The Morgan fingerprint density at radius 3 is 2.30 bits per heavy atom. The maximum atomic E-state index is 13.7. The lowest BCUT2D eigenvalue weighted by atomic mass is 10.2. The molecule has 0 radical (unpaired) electrons. The normalized spacial score (nSPS) is 11.8. The number of anilines is 1. The largest absolute Gasteiger partial charge is 0.449 e. The molecule has 156 valence electrons. The molecule has 1 amide bonds. The second-order valence-electron chi connectivity index (χ2n) is 6.27. The summed E-state index contributed by atoms with van der Waals surface area (Å²) in [5, 5.41) is 6.08. The molecule has 0 fully saturated rings. The molecular weight excluding hydrogens is 423 g/mol. The summed E-state index contributed by atoms with van der Waals surface area (Å²) in [6.45, 7) is 2.74. The van der Waals surface area contributed by atoms with Crippen molar-refractivity contribution in [3.05, 3.63) is 76.3 Å². The van der Waals surface area contributed by atoms with Gasteiger partial charge in [0.2, 0.25) is 0 Å². The van der Waals surface area contributed by atoms with Gasteiger partial charge < -0.3 is 10.1 Å². The number of aryl methyl sites for hydroxylation is 1. The first-order valence-corrected chi connectivity index (χ1v) is 9.03. The average Bonchev–Trinajstić information content (AvgIpc) is 2.99. The molecule has 10 heteroatoms. The number of halogens is 4. The first-order valence-electron chi connectivity index (χ1n) is 8.66. The summed E-state index contributed by atoms with van der Waals surface area (Å²) in [6.07, 6.45) is -1.39. The standard InChI is InChI=1S/C20H15ClF3N3O3/c1-10-16(18(21)27(26-10)13-8-6-12(22)7-9-13)20(29)30-11(2)19(28)25-17-14(23)4-3-5-15(17)24/h3-9,11H,1-2H3,(H,25,28). The van der Waals surface area contributed by atoms with Gasteiger partial charge in [-0.1, -0.05) is 17.7 Å². The van der Waals surface area contributed by atoms with Gasteiger partial charge in [-0.3, -0.25) is 4.79 Å². The van der Waals surface area contributed by atoms with Crippen LogP contribution in [0.15, 0.2) is 42.5 Å². The molecule has 30 heavy (non-hydrogen) atoms. The lowest BCUT2D eigenvalue weighted by Gasteiger charge is -2.14. The van der Waals surface area contributed by atoms with Crippen LogP contribution in [0.25, 0.3) is 5.69 Å². The zero-order chi connectivity index (χ0) is 22.0. The van der Waals surface area contributed by atoms with Crippen LogP contribution < -0.4 is 5.32 Å². The number of nitrogens with one attached hydrogen (secondary N) is 1. The van der Waals surface area contributed by atoms with Gasteiger partial charge in [0.25, 0.3) is 5.91 Å². The van der Waals surface area contributed by atoms with Crippen molar-refractivity contribution in [2.24, 2.45) is 0 Å². The van der Waals surface area contributed by atoms with Crippen LogP contribution in [0.2, 0.25) is 5.15 Å². The zero-order valence-corrected chi connectivity index (χ0v) is 16.5. The van der Waals surface area contributed by atoms with E-state index in [2.05, 4.69) is 5.10 Å². The maximum absolute atomic E-state index is 13.7. The van der Waals surface area contributed by atoms with Gasteiger partial charge in [0.05, 0.1) is 11.4 Å². The first-order chi connectivity index (χ1) is 14.2. The summed E-state index contributed by atoms with van der Waals surface area (Å²) in [4.78, 5) is 24.7. The Hall–Kier alpha value is -3.33. The van der Waals surface area contributed by atoms with Gasteiger partial charge >= 0.3 is 5.97 Å². The number of aromatic nitrogens is 2. The zero-order valence-electron chi connectivity index (χ0n) is 15.7. The minimum absolute atomic E-state index is 0.0993. The molecule has 1 atom stereocenters. The van der Waals surface area contributed by atoms with Crippen molar-refractivity contribution in [1.29, 1.82) is 0 Å². The fourth-order valence-electron chi connectivity index (χ4n) is 2.60. The molecule has 2 aromatic carbocycles. The van der Waals surface area contributed by atoms with Crippen molar-refractivity contribution in [2.45, 2.75) is 20.0 Å². The number of esters is 1. The molecule has 0 aliphatic heterocycles. The smallest absolute Gasteiger partial charge is 0.344 e. The lowest BCUT2D eigenvalue weighted by Crippen LogP contribution is -2.30. The van der Waals surface area contributed by atoms with E-state index in [1.165, 1.54) is 42.8 Å². The maximum Gasteiger partial charge on any atom is 0.344 e. The molecule has 1 heterocycles. The van der Waals surface area contributed by atoms with Crippen molar-refractivity contribution in [1.82, 2.24) is 9.78 Å². The van der Waals surface area contributed by atoms with Crippen LogP contribution in [0, 0.1) is 24.4 Å². The van der Waals surface area contributed by atoms with E-state index in [0.717, 1.165) is 18.2 Å². The highest BCUT2D eigenvalue weighted by Gasteiger charge is 2.27. The number of benzene rings is 2. The van der Waals surface area contributed by atoms with E-state index < -0.39 is 41.1 Å². The highest BCUT2D eigenvalue weighted by atomic mass is 35.5. The minimum atomic E-state index is -1.39. The highest BCUT2D eigenvalue weighted by Crippen LogP contribution is 2.25. The molecule has 0 bridgehead atoms. The van der Waals surface area contributed by atoms with Crippen LogP contribution in [0.4, 0.5) is 18.9 Å². The van der Waals surface area contributed by atoms with Gasteiger partial charge in [-0.25, -0.2) is 22.6 Å². The number of para-hydroxylation sites is 1. The van der Waals surface area contributed by atoms with E-state index in [9.17, 15) is 22.8 Å². The summed E-state index contributed by atoms with van der Waals surface area (Å²) in [5.74, 6) is -4.29.